The van der Waals surface area contributed by atoms with Crippen molar-refractivity contribution >= 4 is 17.6 Å². The predicted octanol–water partition coefficient (Wildman–Crippen LogP) is 3.41. The molecule has 0 N–H and O–H groups in total. The molecule has 1 heterocycles. The summed E-state index contributed by atoms with van der Waals surface area (Å²) in [6.45, 7) is 7.08. The van der Waals surface area contributed by atoms with Gasteiger partial charge in [-0.15, -0.1) is 5.10 Å². The van der Waals surface area contributed by atoms with Crippen molar-refractivity contribution < 1.29 is 23.1 Å². The van der Waals surface area contributed by atoms with Crippen LogP contribution in [0.1, 0.15) is 33.6 Å². The van der Waals surface area contributed by atoms with Crippen LogP contribution in [0.3, 0.4) is 0 Å². The summed E-state index contributed by atoms with van der Waals surface area (Å²) < 4.78 is 30.4. The second-order valence-electron chi connectivity index (χ2n) is 6.77. The van der Waals surface area contributed by atoms with Crippen LogP contribution >= 0.6 is 11.6 Å². The van der Waals surface area contributed by atoms with Crippen molar-refractivity contribution in [1.29, 1.82) is 0 Å². The molecule has 0 amide bonds. The summed E-state index contributed by atoms with van der Waals surface area (Å²) in [5, 5.41) is 4.06. The Morgan fingerprint density at radius 2 is 2.07 bits per heavy atom. The number of halogens is 2. The minimum atomic E-state index is -0.828. The number of carbonyl (C=O) groups is 1. The fraction of sp³-hybridized carbons (Fsp3) is 0.389. The van der Waals surface area contributed by atoms with Crippen LogP contribution in [0.15, 0.2) is 33.5 Å². The molecule has 0 aliphatic carbocycles. The van der Waals surface area contributed by atoms with Crippen molar-refractivity contribution in [2.75, 3.05) is 7.11 Å². The number of aromatic nitrogens is 2. The maximum atomic E-state index is 14.4. The summed E-state index contributed by atoms with van der Waals surface area (Å²) in [7, 11) is 1.25. The lowest BCUT2D eigenvalue weighted by molar-refractivity contribution is -0.134. The lowest BCUT2D eigenvalue weighted by Crippen LogP contribution is -2.16. The zero-order valence-electron chi connectivity index (χ0n) is 15.6. The maximum Gasteiger partial charge on any atom is 0.442 e. The standard InChI is InChI=1S/C18H20ClFN2O5/c1-10(6-7-15(23)25-5)26-14-9-13(12(20)8-11(14)19)22-17(24)27-16(21-22)18(2,3)4/h6-10H,1-5H3. The summed E-state index contributed by atoms with van der Waals surface area (Å²) in [5.74, 6) is -1.85. The van der Waals surface area contributed by atoms with E-state index in [-0.39, 0.29) is 22.4 Å². The Labute approximate surface area is 160 Å². The molecular weight excluding hydrogens is 379 g/mol. The Bertz CT molecular complexity index is 927. The lowest BCUT2D eigenvalue weighted by Gasteiger charge is -2.14. The van der Waals surface area contributed by atoms with E-state index in [9.17, 15) is 14.0 Å². The van der Waals surface area contributed by atoms with Crippen LogP contribution in [0.2, 0.25) is 5.02 Å². The number of hydrogen-bond acceptors (Lipinski definition) is 6. The van der Waals surface area contributed by atoms with Crippen LogP contribution < -0.4 is 10.5 Å². The first-order valence-electron chi connectivity index (χ1n) is 8.05. The first-order chi connectivity index (χ1) is 12.5. The molecule has 2 rings (SSSR count). The van der Waals surface area contributed by atoms with Gasteiger partial charge in [-0.05, 0) is 19.1 Å². The van der Waals surface area contributed by atoms with Crippen LogP contribution in [0.4, 0.5) is 4.39 Å². The van der Waals surface area contributed by atoms with E-state index in [4.69, 9.17) is 20.8 Å². The highest BCUT2D eigenvalue weighted by atomic mass is 35.5. The molecular formula is C18H20ClFN2O5. The topological polar surface area (TPSA) is 83.6 Å². The average molecular weight is 399 g/mol. The number of benzene rings is 1. The molecule has 7 nitrogen and oxygen atoms in total. The number of methoxy groups -OCH3 is 1. The molecule has 0 radical (unpaired) electrons. The van der Waals surface area contributed by atoms with Crippen molar-refractivity contribution in [2.45, 2.75) is 39.2 Å². The number of carbonyl (C=O) groups excluding carboxylic acids is 1. The quantitative estimate of drug-likeness (QED) is 0.567. The molecule has 2 aromatic rings. The van der Waals surface area contributed by atoms with Gasteiger partial charge in [0.25, 0.3) is 0 Å². The molecule has 9 heteroatoms. The van der Waals surface area contributed by atoms with E-state index in [1.54, 1.807) is 6.92 Å². The van der Waals surface area contributed by atoms with E-state index in [0.29, 0.717) is 0 Å². The van der Waals surface area contributed by atoms with Crippen molar-refractivity contribution in [3.63, 3.8) is 0 Å². The van der Waals surface area contributed by atoms with Gasteiger partial charge in [-0.1, -0.05) is 32.4 Å². The molecule has 1 aromatic carbocycles. The van der Waals surface area contributed by atoms with E-state index in [0.717, 1.165) is 10.7 Å². The van der Waals surface area contributed by atoms with Crippen LogP contribution in [0.25, 0.3) is 5.69 Å². The van der Waals surface area contributed by atoms with Gasteiger partial charge < -0.3 is 13.9 Å². The second kappa shape index (κ2) is 7.96. The SMILES string of the molecule is COC(=O)C=CC(C)Oc1cc(-n2nc(C(C)(C)C)oc2=O)c(F)cc1Cl. The van der Waals surface area contributed by atoms with Crippen molar-refractivity contribution in [3.05, 3.63) is 51.6 Å². The summed E-state index contributed by atoms with van der Waals surface area (Å²) in [6.07, 6.45) is 2.07. The highest BCUT2D eigenvalue weighted by Crippen LogP contribution is 2.30. The van der Waals surface area contributed by atoms with E-state index >= 15 is 0 Å². The van der Waals surface area contributed by atoms with Crippen LogP contribution in [-0.2, 0) is 14.9 Å². The van der Waals surface area contributed by atoms with E-state index in [1.165, 1.54) is 25.3 Å². The molecule has 0 aliphatic rings. The summed E-state index contributed by atoms with van der Waals surface area (Å²) in [5.41, 5.74) is -0.692. The molecule has 0 aliphatic heterocycles. The third-order valence-electron chi connectivity index (χ3n) is 3.44. The zero-order chi connectivity index (χ0) is 20.4. The molecule has 0 saturated carbocycles. The first-order valence-corrected chi connectivity index (χ1v) is 8.43. The van der Waals surface area contributed by atoms with E-state index in [1.807, 2.05) is 20.8 Å². The van der Waals surface area contributed by atoms with Gasteiger partial charge in [0.1, 0.15) is 17.5 Å². The van der Waals surface area contributed by atoms with E-state index in [2.05, 4.69) is 9.84 Å². The number of esters is 1. The molecule has 27 heavy (non-hydrogen) atoms. The maximum absolute atomic E-state index is 14.4. The molecule has 0 fully saturated rings. The molecule has 1 aromatic heterocycles. The summed E-state index contributed by atoms with van der Waals surface area (Å²) in [4.78, 5) is 23.2. The molecule has 1 atom stereocenters. The Morgan fingerprint density at radius 3 is 2.63 bits per heavy atom. The lowest BCUT2D eigenvalue weighted by atomic mass is 9.97. The van der Waals surface area contributed by atoms with Crippen LogP contribution in [0.5, 0.6) is 5.75 Å². The number of nitrogens with zero attached hydrogens (tertiary/aromatic N) is 2. The Morgan fingerprint density at radius 1 is 1.41 bits per heavy atom. The normalized spacial score (nSPS) is 13.0. The molecule has 0 saturated heterocycles. The molecule has 0 bridgehead atoms. The minimum absolute atomic E-state index is 0.00200. The number of ether oxygens (including phenoxy) is 2. The first kappa shape index (κ1) is 20.7. The highest BCUT2D eigenvalue weighted by molar-refractivity contribution is 6.32. The van der Waals surface area contributed by atoms with Gasteiger partial charge in [0.2, 0.25) is 5.89 Å². The van der Waals surface area contributed by atoms with Crippen molar-refractivity contribution in [3.8, 4) is 11.4 Å². The average Bonchev–Trinajstić information content (AvgIpc) is 2.97. The van der Waals surface area contributed by atoms with Crippen molar-refractivity contribution in [1.82, 2.24) is 9.78 Å². The number of rotatable bonds is 5. The molecule has 146 valence electrons. The summed E-state index contributed by atoms with van der Waals surface area (Å²) >= 11 is 6.03. The Kier molecular flexibility index (Phi) is 6.10. The van der Waals surface area contributed by atoms with Gasteiger partial charge in [0.15, 0.2) is 5.82 Å². The van der Waals surface area contributed by atoms with Gasteiger partial charge >= 0.3 is 11.7 Å². The van der Waals surface area contributed by atoms with Crippen molar-refractivity contribution in [2.24, 2.45) is 0 Å². The highest BCUT2D eigenvalue weighted by Gasteiger charge is 2.24. The van der Waals surface area contributed by atoms with Gasteiger partial charge in [-0.3, -0.25) is 0 Å². The van der Waals surface area contributed by atoms with Gasteiger partial charge in [0.05, 0.1) is 12.1 Å². The fourth-order valence-electron chi connectivity index (χ4n) is 2.03. The third kappa shape index (κ3) is 4.97. The number of hydrogen-bond donors (Lipinski definition) is 0. The zero-order valence-corrected chi connectivity index (χ0v) is 16.3. The fourth-order valence-corrected chi connectivity index (χ4v) is 2.22. The minimum Gasteiger partial charge on any atom is -0.485 e. The monoisotopic (exact) mass is 398 g/mol. The molecule has 0 spiro atoms. The largest absolute Gasteiger partial charge is 0.485 e. The van der Waals surface area contributed by atoms with Gasteiger partial charge in [-0.2, -0.15) is 4.68 Å². The Balaban J connectivity index is 2.39. The molecule has 1 unspecified atom stereocenters. The third-order valence-corrected chi connectivity index (χ3v) is 3.73. The summed E-state index contributed by atoms with van der Waals surface area (Å²) in [6, 6.07) is 2.26. The second-order valence-corrected chi connectivity index (χ2v) is 7.18. The van der Waals surface area contributed by atoms with Crippen LogP contribution in [-0.4, -0.2) is 29.0 Å². The van der Waals surface area contributed by atoms with Gasteiger partial charge in [-0.25, -0.2) is 14.0 Å². The Hall–Kier alpha value is -2.61. The van der Waals surface area contributed by atoms with E-state index < -0.39 is 29.1 Å². The predicted molar refractivity (Wildman–Crippen MR) is 97.0 cm³/mol. The van der Waals surface area contributed by atoms with Gasteiger partial charge in [0, 0.05) is 17.6 Å². The van der Waals surface area contributed by atoms with Crippen LogP contribution in [0, 0.1) is 5.82 Å². The smallest absolute Gasteiger partial charge is 0.442 e.